The summed E-state index contributed by atoms with van der Waals surface area (Å²) in [4.78, 5) is 51.4. The van der Waals surface area contributed by atoms with Crippen molar-refractivity contribution >= 4 is 29.4 Å². The summed E-state index contributed by atoms with van der Waals surface area (Å²) < 4.78 is 10.0. The zero-order chi connectivity index (χ0) is 26.2. The number of oxime groups is 1. The van der Waals surface area contributed by atoms with Gasteiger partial charge in [-0.2, -0.15) is 0 Å². The zero-order valence-corrected chi connectivity index (χ0v) is 20.5. The van der Waals surface area contributed by atoms with Gasteiger partial charge in [-0.1, -0.05) is 62.0 Å². The van der Waals surface area contributed by atoms with E-state index in [0.29, 0.717) is 11.1 Å². The smallest absolute Gasteiger partial charge is 0.338 e. The van der Waals surface area contributed by atoms with Gasteiger partial charge in [-0.05, 0) is 37.1 Å². The van der Waals surface area contributed by atoms with Crippen molar-refractivity contribution in [2.24, 2.45) is 5.16 Å². The third-order valence-electron chi connectivity index (χ3n) is 5.25. The second-order valence-electron chi connectivity index (χ2n) is 8.42. The van der Waals surface area contributed by atoms with Gasteiger partial charge in [-0.15, -0.1) is 0 Å². The Bertz CT molecular complexity index is 1140. The molecule has 0 aliphatic heterocycles. The third kappa shape index (κ3) is 7.46. The Balaban J connectivity index is 2.04. The lowest BCUT2D eigenvalue weighted by Gasteiger charge is -2.26. The molecule has 2 rings (SSSR count). The molecule has 0 aliphatic rings. The summed E-state index contributed by atoms with van der Waals surface area (Å²) in [5.74, 6) is -1.99. The average Bonchev–Trinajstić information content (AvgIpc) is 2.84. The molecule has 0 spiro atoms. The molecule has 184 valence electrons. The molecule has 0 bridgehead atoms. The molecule has 2 aromatic rings. The van der Waals surface area contributed by atoms with Gasteiger partial charge in [0.15, 0.2) is 0 Å². The minimum Gasteiger partial charge on any atom is -0.459 e. The molecule has 0 radical (unpaired) electrons. The first-order chi connectivity index (χ1) is 16.4. The summed E-state index contributed by atoms with van der Waals surface area (Å²) in [6.07, 6.45) is 0. The molecule has 8 heteroatoms. The minimum absolute atomic E-state index is 0.0455. The maximum absolute atomic E-state index is 12.5. The van der Waals surface area contributed by atoms with Crippen molar-refractivity contribution in [3.8, 4) is 0 Å². The van der Waals surface area contributed by atoms with Crippen LogP contribution in [0, 0.1) is 0 Å². The first-order valence-electron chi connectivity index (χ1n) is 10.9. The van der Waals surface area contributed by atoms with Crippen molar-refractivity contribution in [2.45, 2.75) is 40.0 Å². The van der Waals surface area contributed by atoms with Gasteiger partial charge in [0.05, 0.1) is 5.56 Å². The van der Waals surface area contributed by atoms with E-state index in [2.05, 4.69) is 16.6 Å². The van der Waals surface area contributed by atoms with Gasteiger partial charge >= 0.3 is 17.9 Å². The van der Waals surface area contributed by atoms with Gasteiger partial charge in [0, 0.05) is 23.5 Å². The molecule has 0 aromatic heterocycles. The van der Waals surface area contributed by atoms with Gasteiger partial charge in [0.25, 0.3) is 0 Å². The number of hydrogen-bond donors (Lipinski definition) is 0. The lowest BCUT2D eigenvalue weighted by molar-refractivity contribution is -0.141. The van der Waals surface area contributed by atoms with Crippen LogP contribution in [-0.4, -0.2) is 42.6 Å². The molecular weight excluding hydrogens is 450 g/mol. The predicted octanol–water partition coefficient (Wildman–Crippen LogP) is 4.41. The molecule has 0 unspecified atom stereocenters. The van der Waals surface area contributed by atoms with Crippen molar-refractivity contribution in [1.82, 2.24) is 0 Å². The van der Waals surface area contributed by atoms with Crippen LogP contribution in [0.2, 0.25) is 0 Å². The fraction of sp³-hybridized carbons (Fsp3) is 0.296. The number of carbonyl (C=O) groups is 4. The molecule has 0 aliphatic carbocycles. The Morgan fingerprint density at radius 2 is 1.29 bits per heavy atom. The number of rotatable bonds is 10. The van der Waals surface area contributed by atoms with E-state index in [4.69, 9.17) is 9.47 Å². The summed E-state index contributed by atoms with van der Waals surface area (Å²) >= 11 is 0. The summed E-state index contributed by atoms with van der Waals surface area (Å²) in [6, 6.07) is 14.1. The number of benzene rings is 2. The van der Waals surface area contributed by atoms with E-state index in [1.165, 1.54) is 20.8 Å². The molecule has 0 atom stereocenters. The SMILES string of the molecule is C=C(C)C(=O)OCCOC(=O)c1ccc(C(C)(C)c2ccc(C(=O)/C(C)=N/OC(C)=O)cc2)cc1. The van der Waals surface area contributed by atoms with Crippen LogP contribution in [-0.2, 0) is 29.3 Å². The molecule has 0 saturated heterocycles. The number of esters is 2. The Labute approximate surface area is 204 Å². The Kier molecular flexibility index (Phi) is 9.22. The Hall–Kier alpha value is -4.07. The largest absolute Gasteiger partial charge is 0.459 e. The predicted molar refractivity (Wildman–Crippen MR) is 130 cm³/mol. The number of Topliss-reactive ketones (excluding diaryl/α,β-unsaturated/α-hetero) is 1. The minimum atomic E-state index is -0.599. The number of carbonyl (C=O) groups excluding carboxylic acids is 4. The molecule has 0 heterocycles. The van der Waals surface area contributed by atoms with E-state index in [1.807, 2.05) is 38.1 Å². The molecule has 0 N–H and O–H groups in total. The topological polar surface area (TPSA) is 108 Å². The fourth-order valence-corrected chi connectivity index (χ4v) is 3.09. The molecule has 2 aromatic carbocycles. The highest BCUT2D eigenvalue weighted by molar-refractivity contribution is 6.45. The third-order valence-corrected chi connectivity index (χ3v) is 5.25. The van der Waals surface area contributed by atoms with Gasteiger partial charge in [-0.3, -0.25) is 4.79 Å². The van der Waals surface area contributed by atoms with E-state index in [-0.39, 0.29) is 30.3 Å². The first-order valence-corrected chi connectivity index (χ1v) is 10.9. The van der Waals surface area contributed by atoms with Crippen LogP contribution in [0.15, 0.2) is 65.8 Å². The molecular formula is C27H29NO7. The molecule has 35 heavy (non-hydrogen) atoms. The maximum Gasteiger partial charge on any atom is 0.338 e. The van der Waals surface area contributed by atoms with Crippen molar-refractivity contribution in [1.29, 1.82) is 0 Å². The molecule has 0 fully saturated rings. The number of ether oxygens (including phenoxy) is 2. The summed E-state index contributed by atoms with van der Waals surface area (Å²) in [5, 5.41) is 3.53. The Morgan fingerprint density at radius 3 is 1.77 bits per heavy atom. The van der Waals surface area contributed by atoms with Crippen LogP contribution in [0.3, 0.4) is 0 Å². The van der Waals surface area contributed by atoms with Crippen LogP contribution in [0.5, 0.6) is 0 Å². The fourth-order valence-electron chi connectivity index (χ4n) is 3.09. The maximum atomic E-state index is 12.5. The van der Waals surface area contributed by atoms with E-state index >= 15 is 0 Å². The highest BCUT2D eigenvalue weighted by Gasteiger charge is 2.24. The van der Waals surface area contributed by atoms with E-state index in [0.717, 1.165) is 11.1 Å². The van der Waals surface area contributed by atoms with Crippen molar-refractivity contribution in [2.75, 3.05) is 13.2 Å². The number of hydrogen-bond acceptors (Lipinski definition) is 8. The second kappa shape index (κ2) is 11.9. The van der Waals surface area contributed by atoms with Gasteiger partial charge in [0.1, 0.15) is 18.9 Å². The second-order valence-corrected chi connectivity index (χ2v) is 8.42. The van der Waals surface area contributed by atoms with Crippen LogP contribution in [0.25, 0.3) is 0 Å². The number of ketones is 1. The average molecular weight is 480 g/mol. The van der Waals surface area contributed by atoms with E-state index < -0.39 is 23.3 Å². The molecule has 8 nitrogen and oxygen atoms in total. The summed E-state index contributed by atoms with van der Waals surface area (Å²) in [7, 11) is 0. The summed E-state index contributed by atoms with van der Waals surface area (Å²) in [5.41, 5.74) is 2.64. The Morgan fingerprint density at radius 1 is 0.800 bits per heavy atom. The van der Waals surface area contributed by atoms with Crippen LogP contribution in [0.4, 0.5) is 0 Å². The highest BCUT2D eigenvalue weighted by atomic mass is 16.7. The lowest BCUT2D eigenvalue weighted by atomic mass is 9.77. The van der Waals surface area contributed by atoms with Gasteiger partial charge in [-0.25, -0.2) is 14.4 Å². The number of nitrogens with zero attached hydrogens (tertiary/aromatic N) is 1. The van der Waals surface area contributed by atoms with Gasteiger partial charge in [0.2, 0.25) is 5.78 Å². The van der Waals surface area contributed by atoms with Crippen molar-refractivity contribution < 1.29 is 33.5 Å². The van der Waals surface area contributed by atoms with Gasteiger partial charge < -0.3 is 14.3 Å². The molecule has 0 saturated carbocycles. The van der Waals surface area contributed by atoms with Crippen molar-refractivity contribution in [3.63, 3.8) is 0 Å². The molecule has 0 amide bonds. The van der Waals surface area contributed by atoms with Crippen LogP contribution < -0.4 is 0 Å². The van der Waals surface area contributed by atoms with E-state index in [1.54, 1.807) is 24.3 Å². The van der Waals surface area contributed by atoms with E-state index in [9.17, 15) is 19.2 Å². The standard InChI is InChI=1S/C27H29NO7/c1-17(2)25(31)33-15-16-34-26(32)21-9-13-23(14-10-21)27(5,6)22-11-7-20(8-12-22)24(30)18(3)28-35-19(4)29/h7-14H,1,15-16H2,2-6H3/b28-18+. The normalized spacial score (nSPS) is 11.4. The zero-order valence-electron chi connectivity index (χ0n) is 20.5. The van der Waals surface area contributed by atoms with Crippen LogP contribution >= 0.6 is 0 Å². The summed E-state index contributed by atoms with van der Waals surface area (Å²) in [6.45, 7) is 11.7. The monoisotopic (exact) mass is 479 g/mol. The van der Waals surface area contributed by atoms with Crippen molar-refractivity contribution in [3.05, 3.63) is 82.9 Å². The van der Waals surface area contributed by atoms with Crippen LogP contribution in [0.1, 0.15) is 66.5 Å². The quantitative estimate of drug-likeness (QED) is 0.0944. The highest BCUT2D eigenvalue weighted by Crippen LogP contribution is 2.32. The lowest BCUT2D eigenvalue weighted by Crippen LogP contribution is -2.20. The first kappa shape index (κ1) is 27.2.